The second kappa shape index (κ2) is 5.00. The molecule has 1 heterocycles. The van der Waals surface area contributed by atoms with Crippen molar-refractivity contribution in [1.82, 2.24) is 0 Å². The van der Waals surface area contributed by atoms with E-state index in [-0.39, 0.29) is 17.4 Å². The van der Waals surface area contributed by atoms with Crippen molar-refractivity contribution in [2.24, 2.45) is 11.8 Å². The zero-order valence-electron chi connectivity index (χ0n) is 10.5. The average Bonchev–Trinajstić information content (AvgIpc) is 2.31. The number of alkyl halides is 3. The number of rotatable bonds is 1. The largest absolute Gasteiger partial charge is 0.404 e. The number of aliphatic hydroxyl groups is 2. The SMILES string of the molecule is CC1=CC=C2SC(C(F)(F)F)C(C(O)O)=CC2C1C. The van der Waals surface area contributed by atoms with Gasteiger partial charge in [0.05, 0.1) is 0 Å². The number of aliphatic hydroxyl groups excluding tert-OH is 1. The molecule has 2 N–H and O–H groups in total. The summed E-state index contributed by atoms with van der Waals surface area (Å²) in [6.45, 7) is 3.84. The summed E-state index contributed by atoms with van der Waals surface area (Å²) in [6, 6.07) is 0. The van der Waals surface area contributed by atoms with Gasteiger partial charge in [-0.2, -0.15) is 13.2 Å². The van der Waals surface area contributed by atoms with E-state index in [1.54, 1.807) is 6.08 Å². The van der Waals surface area contributed by atoms with Gasteiger partial charge in [-0.25, -0.2) is 0 Å². The van der Waals surface area contributed by atoms with Crippen LogP contribution in [0.15, 0.2) is 34.3 Å². The van der Waals surface area contributed by atoms with Crippen LogP contribution in [0.3, 0.4) is 0 Å². The molecule has 0 aromatic carbocycles. The number of hydrogen-bond donors (Lipinski definition) is 2. The highest BCUT2D eigenvalue weighted by atomic mass is 32.2. The van der Waals surface area contributed by atoms with Gasteiger partial charge in [0, 0.05) is 11.5 Å². The number of fused-ring (bicyclic) bond motifs is 1. The lowest BCUT2D eigenvalue weighted by Gasteiger charge is -2.37. The van der Waals surface area contributed by atoms with Crippen LogP contribution in [0, 0.1) is 11.8 Å². The molecule has 0 spiro atoms. The standard InChI is InChI=1S/C13H15F3O2S/c1-6-3-4-10-8(7(6)2)5-9(12(17)18)11(19-10)13(14,15)16/h3-5,7-8,11-12,17-18H,1-2H3. The third-order valence-corrected chi connectivity index (χ3v) is 5.08. The van der Waals surface area contributed by atoms with E-state index in [9.17, 15) is 23.4 Å². The van der Waals surface area contributed by atoms with Crippen LogP contribution in [0.5, 0.6) is 0 Å². The van der Waals surface area contributed by atoms with Crippen molar-refractivity contribution >= 4 is 11.8 Å². The number of hydrogen-bond acceptors (Lipinski definition) is 3. The summed E-state index contributed by atoms with van der Waals surface area (Å²) in [4.78, 5) is 0.629. The summed E-state index contributed by atoms with van der Waals surface area (Å²) in [5.74, 6) is -0.138. The summed E-state index contributed by atoms with van der Waals surface area (Å²) >= 11 is 0.668. The predicted octanol–water partition coefficient (Wildman–Crippen LogP) is 3.00. The van der Waals surface area contributed by atoms with Crippen LogP contribution in [-0.4, -0.2) is 27.9 Å². The van der Waals surface area contributed by atoms with Crippen LogP contribution >= 0.6 is 11.8 Å². The van der Waals surface area contributed by atoms with Crippen molar-refractivity contribution in [1.29, 1.82) is 0 Å². The smallest absolute Gasteiger partial charge is 0.365 e. The fraction of sp³-hybridized carbons (Fsp3) is 0.538. The molecule has 1 aliphatic heterocycles. The molecular formula is C13H15F3O2S. The van der Waals surface area contributed by atoms with E-state index in [2.05, 4.69) is 0 Å². The van der Waals surface area contributed by atoms with Crippen molar-refractivity contribution in [3.8, 4) is 0 Å². The van der Waals surface area contributed by atoms with Crippen molar-refractivity contribution in [2.75, 3.05) is 0 Å². The molecule has 19 heavy (non-hydrogen) atoms. The Morgan fingerprint density at radius 1 is 1.26 bits per heavy atom. The topological polar surface area (TPSA) is 40.5 Å². The van der Waals surface area contributed by atoms with Gasteiger partial charge in [0.2, 0.25) is 0 Å². The molecule has 0 amide bonds. The second-order valence-corrected chi connectivity index (χ2v) is 6.05. The highest BCUT2D eigenvalue weighted by molar-refractivity contribution is 8.04. The minimum absolute atomic E-state index is 0.0652. The van der Waals surface area contributed by atoms with Crippen LogP contribution in [0.25, 0.3) is 0 Å². The molecule has 0 saturated heterocycles. The van der Waals surface area contributed by atoms with Crippen LogP contribution in [0.1, 0.15) is 13.8 Å². The van der Waals surface area contributed by atoms with Gasteiger partial charge in [-0.3, -0.25) is 0 Å². The Balaban J connectivity index is 2.44. The maximum atomic E-state index is 13.0. The molecule has 0 fully saturated rings. The van der Waals surface area contributed by atoms with Crippen molar-refractivity contribution < 1.29 is 23.4 Å². The maximum absolute atomic E-state index is 13.0. The third kappa shape index (κ3) is 2.75. The van der Waals surface area contributed by atoms with Gasteiger partial charge >= 0.3 is 6.18 Å². The summed E-state index contributed by atoms with van der Waals surface area (Å²) in [5.41, 5.74) is 0.712. The quantitative estimate of drug-likeness (QED) is 0.576. The van der Waals surface area contributed by atoms with Crippen LogP contribution in [-0.2, 0) is 0 Å². The minimum Gasteiger partial charge on any atom is -0.365 e. The summed E-state index contributed by atoms with van der Waals surface area (Å²) in [6.07, 6.45) is -1.68. The van der Waals surface area contributed by atoms with E-state index >= 15 is 0 Å². The van der Waals surface area contributed by atoms with Crippen molar-refractivity contribution in [3.63, 3.8) is 0 Å². The van der Waals surface area contributed by atoms with Gasteiger partial charge in [0.25, 0.3) is 0 Å². The molecular weight excluding hydrogens is 277 g/mol. The van der Waals surface area contributed by atoms with Gasteiger partial charge < -0.3 is 10.2 Å². The Morgan fingerprint density at radius 3 is 2.42 bits per heavy atom. The van der Waals surface area contributed by atoms with Gasteiger partial charge in [0.1, 0.15) is 5.25 Å². The Labute approximate surface area is 113 Å². The molecule has 2 nitrogen and oxygen atoms in total. The third-order valence-electron chi connectivity index (χ3n) is 3.62. The molecule has 0 radical (unpaired) electrons. The number of allylic oxidation sites excluding steroid dienone is 5. The summed E-state index contributed by atoms with van der Waals surface area (Å²) in [5, 5.41) is 16.5. The molecule has 6 heteroatoms. The van der Waals surface area contributed by atoms with E-state index in [1.165, 1.54) is 6.08 Å². The van der Waals surface area contributed by atoms with Gasteiger partial charge in [-0.15, -0.1) is 11.8 Å². The fourth-order valence-corrected chi connectivity index (χ4v) is 3.64. The number of thioether (sulfide) groups is 1. The fourth-order valence-electron chi connectivity index (χ4n) is 2.33. The molecule has 3 atom stereocenters. The molecule has 0 bridgehead atoms. The molecule has 2 aliphatic rings. The van der Waals surface area contributed by atoms with E-state index in [4.69, 9.17) is 0 Å². The normalized spacial score (nSPS) is 31.6. The lowest BCUT2D eigenvalue weighted by molar-refractivity contribution is -0.130. The zero-order valence-corrected chi connectivity index (χ0v) is 11.3. The van der Waals surface area contributed by atoms with Gasteiger partial charge in [-0.1, -0.05) is 30.7 Å². The first-order valence-electron chi connectivity index (χ1n) is 5.91. The highest BCUT2D eigenvalue weighted by Gasteiger charge is 2.48. The van der Waals surface area contributed by atoms with Gasteiger partial charge in [0.15, 0.2) is 6.29 Å². The Hall–Kier alpha value is -0.720. The molecule has 106 valence electrons. The molecule has 0 aromatic heterocycles. The van der Waals surface area contributed by atoms with E-state index in [0.717, 1.165) is 5.57 Å². The first-order chi connectivity index (χ1) is 8.71. The first kappa shape index (κ1) is 14.7. The summed E-state index contributed by atoms with van der Waals surface area (Å²) in [7, 11) is 0. The van der Waals surface area contributed by atoms with E-state index < -0.39 is 17.7 Å². The number of halogens is 3. The zero-order chi connectivity index (χ0) is 14.4. The monoisotopic (exact) mass is 292 g/mol. The minimum atomic E-state index is -4.49. The van der Waals surface area contributed by atoms with E-state index in [1.807, 2.05) is 19.9 Å². The molecule has 1 aliphatic carbocycles. The summed E-state index contributed by atoms with van der Waals surface area (Å²) < 4.78 is 38.9. The average molecular weight is 292 g/mol. The van der Waals surface area contributed by atoms with Crippen LogP contribution < -0.4 is 0 Å². The molecule has 0 saturated carbocycles. The van der Waals surface area contributed by atoms with Crippen molar-refractivity contribution in [3.05, 3.63) is 34.3 Å². The van der Waals surface area contributed by atoms with Crippen molar-refractivity contribution in [2.45, 2.75) is 31.6 Å². The Morgan fingerprint density at radius 2 is 1.89 bits per heavy atom. The molecule has 2 rings (SSSR count). The maximum Gasteiger partial charge on any atom is 0.404 e. The highest BCUT2D eigenvalue weighted by Crippen LogP contribution is 2.50. The lowest BCUT2D eigenvalue weighted by Crippen LogP contribution is -2.37. The van der Waals surface area contributed by atoms with Gasteiger partial charge in [-0.05, 0) is 17.7 Å². The molecule has 0 aromatic rings. The van der Waals surface area contributed by atoms with Crippen LogP contribution in [0.4, 0.5) is 13.2 Å². The van der Waals surface area contributed by atoms with E-state index in [0.29, 0.717) is 16.7 Å². The Bertz CT molecular complexity index is 463. The lowest BCUT2D eigenvalue weighted by atomic mass is 9.82. The van der Waals surface area contributed by atoms with Crippen LogP contribution in [0.2, 0.25) is 0 Å². The Kier molecular flexibility index (Phi) is 3.86. The predicted molar refractivity (Wildman–Crippen MR) is 68.2 cm³/mol. The first-order valence-corrected chi connectivity index (χ1v) is 6.79. The second-order valence-electron chi connectivity index (χ2n) is 4.87. The molecule has 3 unspecified atom stereocenters.